The monoisotopic (exact) mass is 304 g/mol. The summed E-state index contributed by atoms with van der Waals surface area (Å²) in [7, 11) is -2.92. The van der Waals surface area contributed by atoms with Crippen LogP contribution < -0.4 is 4.74 Å². The third-order valence-electron chi connectivity index (χ3n) is 2.20. The fourth-order valence-electron chi connectivity index (χ4n) is 1.29. The van der Waals surface area contributed by atoms with Gasteiger partial charge in [0, 0.05) is 17.8 Å². The fourth-order valence-corrected chi connectivity index (χ4v) is 3.38. The summed E-state index contributed by atoms with van der Waals surface area (Å²) in [4.78, 5) is 10.9. The number of sulfone groups is 1. The molecule has 0 spiro atoms. The number of rotatable bonds is 8. The van der Waals surface area contributed by atoms with Crippen LogP contribution in [0.25, 0.3) is 0 Å². The molecule has 0 aliphatic heterocycles. The molecule has 0 aliphatic rings. The van der Waals surface area contributed by atoms with Crippen LogP contribution in [0.15, 0.2) is 24.3 Å². The van der Waals surface area contributed by atoms with Gasteiger partial charge in [-0.2, -0.15) is 11.8 Å². The largest absolute Gasteiger partial charge is 0.492 e. The highest BCUT2D eigenvalue weighted by atomic mass is 32.2. The lowest BCUT2D eigenvalue weighted by Crippen LogP contribution is -2.08. The van der Waals surface area contributed by atoms with Gasteiger partial charge in [-0.1, -0.05) is 12.1 Å². The Hall–Kier alpha value is -1.21. The van der Waals surface area contributed by atoms with Crippen LogP contribution >= 0.6 is 11.8 Å². The van der Waals surface area contributed by atoms with E-state index in [4.69, 9.17) is 9.84 Å². The number of para-hydroxylation sites is 1. The van der Waals surface area contributed by atoms with Crippen molar-refractivity contribution >= 4 is 27.6 Å². The first-order chi connectivity index (χ1) is 8.90. The number of benzene rings is 1. The molecule has 0 saturated heterocycles. The van der Waals surface area contributed by atoms with Crippen LogP contribution in [0.1, 0.15) is 10.4 Å². The van der Waals surface area contributed by atoms with Gasteiger partial charge < -0.3 is 9.84 Å². The number of ether oxygens (including phenoxy) is 1. The zero-order chi connectivity index (χ0) is 14.3. The van der Waals surface area contributed by atoms with Crippen LogP contribution in [0, 0.1) is 0 Å². The van der Waals surface area contributed by atoms with E-state index in [1.807, 2.05) is 0 Å². The van der Waals surface area contributed by atoms with Gasteiger partial charge in [0.15, 0.2) is 0 Å². The Morgan fingerprint density at radius 1 is 1.32 bits per heavy atom. The number of hydrogen-bond acceptors (Lipinski definition) is 5. The maximum Gasteiger partial charge on any atom is 0.339 e. The van der Waals surface area contributed by atoms with Crippen molar-refractivity contribution in [2.45, 2.75) is 0 Å². The van der Waals surface area contributed by atoms with Gasteiger partial charge in [0.1, 0.15) is 21.2 Å². The number of aromatic carboxylic acids is 1. The predicted octanol–water partition coefficient (Wildman–Crippen LogP) is 1.54. The summed E-state index contributed by atoms with van der Waals surface area (Å²) in [6.07, 6.45) is 1.20. The van der Waals surface area contributed by atoms with Gasteiger partial charge in [0.2, 0.25) is 0 Å². The van der Waals surface area contributed by atoms with E-state index in [1.54, 1.807) is 18.2 Å². The summed E-state index contributed by atoms with van der Waals surface area (Å²) in [5, 5.41) is 8.94. The van der Waals surface area contributed by atoms with Gasteiger partial charge in [-0.25, -0.2) is 13.2 Å². The Labute approximate surface area is 116 Å². The van der Waals surface area contributed by atoms with Gasteiger partial charge in [-0.15, -0.1) is 0 Å². The molecule has 5 nitrogen and oxygen atoms in total. The molecule has 7 heteroatoms. The zero-order valence-electron chi connectivity index (χ0n) is 10.5. The van der Waals surface area contributed by atoms with Crippen LogP contribution in [-0.4, -0.2) is 49.6 Å². The van der Waals surface area contributed by atoms with Crippen molar-refractivity contribution in [1.82, 2.24) is 0 Å². The number of carboxylic acid groups (broad SMARTS) is 1. The normalized spacial score (nSPS) is 11.2. The van der Waals surface area contributed by atoms with E-state index >= 15 is 0 Å². The Morgan fingerprint density at radius 3 is 2.63 bits per heavy atom. The lowest BCUT2D eigenvalue weighted by Gasteiger charge is -2.08. The molecular weight excluding hydrogens is 288 g/mol. The number of hydrogen-bond donors (Lipinski definition) is 1. The predicted molar refractivity (Wildman–Crippen MR) is 75.9 cm³/mol. The molecule has 0 aromatic heterocycles. The molecule has 0 aliphatic carbocycles. The summed E-state index contributed by atoms with van der Waals surface area (Å²) in [6, 6.07) is 6.43. The molecule has 0 bridgehead atoms. The molecular formula is C12H16O5S2. The number of thioether (sulfide) groups is 1. The Kier molecular flexibility index (Phi) is 6.17. The smallest absolute Gasteiger partial charge is 0.339 e. The first kappa shape index (κ1) is 15.8. The molecule has 0 heterocycles. The van der Waals surface area contributed by atoms with Crippen LogP contribution in [0.3, 0.4) is 0 Å². The van der Waals surface area contributed by atoms with E-state index in [0.717, 1.165) is 0 Å². The first-order valence-corrected chi connectivity index (χ1v) is 8.82. The van der Waals surface area contributed by atoms with E-state index in [9.17, 15) is 13.2 Å². The van der Waals surface area contributed by atoms with Crippen molar-refractivity contribution in [1.29, 1.82) is 0 Å². The van der Waals surface area contributed by atoms with Gasteiger partial charge in [0.05, 0.1) is 12.4 Å². The lowest BCUT2D eigenvalue weighted by molar-refractivity contribution is 0.0692. The average molecular weight is 304 g/mol. The lowest BCUT2D eigenvalue weighted by atomic mass is 10.2. The summed E-state index contributed by atoms with van der Waals surface area (Å²) >= 11 is 1.46. The standard InChI is InChI=1S/C12H16O5S2/c1-19(15,16)9-8-18-7-6-17-11-5-3-2-4-10(11)12(13)14/h2-5H,6-9H2,1H3,(H,13,14). The van der Waals surface area contributed by atoms with E-state index < -0.39 is 15.8 Å². The van der Waals surface area contributed by atoms with E-state index in [-0.39, 0.29) is 11.3 Å². The molecule has 1 N–H and O–H groups in total. The quantitative estimate of drug-likeness (QED) is 0.734. The Balaban J connectivity index is 2.32. The molecule has 0 radical (unpaired) electrons. The molecule has 0 amide bonds. The highest BCUT2D eigenvalue weighted by Gasteiger charge is 2.09. The average Bonchev–Trinajstić information content (AvgIpc) is 2.32. The SMILES string of the molecule is CS(=O)(=O)CCSCCOc1ccccc1C(=O)O. The summed E-state index contributed by atoms with van der Waals surface area (Å²) in [5.74, 6) is 0.578. The second-order valence-electron chi connectivity index (χ2n) is 3.89. The molecule has 1 aromatic rings. The van der Waals surface area contributed by atoms with E-state index in [1.165, 1.54) is 24.1 Å². The maximum absolute atomic E-state index is 10.9. The molecule has 0 unspecified atom stereocenters. The van der Waals surface area contributed by atoms with Crippen molar-refractivity contribution in [3.63, 3.8) is 0 Å². The number of carboxylic acids is 1. The third kappa shape index (κ3) is 6.49. The Morgan fingerprint density at radius 2 is 2.00 bits per heavy atom. The molecule has 0 saturated carbocycles. The molecule has 0 atom stereocenters. The fraction of sp³-hybridized carbons (Fsp3) is 0.417. The zero-order valence-corrected chi connectivity index (χ0v) is 12.2. The minimum Gasteiger partial charge on any atom is -0.492 e. The van der Waals surface area contributed by atoms with Gasteiger partial charge in [-0.3, -0.25) is 0 Å². The molecule has 0 fully saturated rings. The minimum absolute atomic E-state index is 0.128. The van der Waals surface area contributed by atoms with Crippen LogP contribution in [0.2, 0.25) is 0 Å². The van der Waals surface area contributed by atoms with Gasteiger partial charge in [-0.05, 0) is 12.1 Å². The summed E-state index contributed by atoms with van der Waals surface area (Å²) < 4.78 is 27.2. The van der Waals surface area contributed by atoms with Crippen molar-refractivity contribution in [2.75, 3.05) is 30.1 Å². The van der Waals surface area contributed by atoms with Crippen molar-refractivity contribution in [2.24, 2.45) is 0 Å². The topological polar surface area (TPSA) is 80.7 Å². The maximum atomic E-state index is 10.9. The first-order valence-electron chi connectivity index (χ1n) is 5.61. The van der Waals surface area contributed by atoms with E-state index in [2.05, 4.69) is 0 Å². The molecule has 106 valence electrons. The summed E-state index contributed by atoms with van der Waals surface area (Å²) in [5.41, 5.74) is 0.128. The highest BCUT2D eigenvalue weighted by molar-refractivity contribution is 8.00. The van der Waals surface area contributed by atoms with Crippen molar-refractivity contribution in [3.05, 3.63) is 29.8 Å². The van der Waals surface area contributed by atoms with Crippen LogP contribution in [-0.2, 0) is 9.84 Å². The minimum atomic E-state index is -2.92. The second-order valence-corrected chi connectivity index (χ2v) is 7.38. The third-order valence-corrected chi connectivity index (χ3v) is 4.35. The van der Waals surface area contributed by atoms with Crippen LogP contribution in [0.4, 0.5) is 0 Å². The second kappa shape index (κ2) is 7.40. The molecule has 1 aromatic carbocycles. The Bertz CT molecular complexity index is 525. The highest BCUT2D eigenvalue weighted by Crippen LogP contribution is 2.18. The van der Waals surface area contributed by atoms with Gasteiger partial charge in [0.25, 0.3) is 0 Å². The van der Waals surface area contributed by atoms with Gasteiger partial charge >= 0.3 is 5.97 Å². The van der Waals surface area contributed by atoms with E-state index in [0.29, 0.717) is 23.9 Å². The number of carbonyl (C=O) groups is 1. The molecule has 19 heavy (non-hydrogen) atoms. The van der Waals surface area contributed by atoms with Crippen LogP contribution in [0.5, 0.6) is 5.75 Å². The van der Waals surface area contributed by atoms with Crippen molar-refractivity contribution in [3.8, 4) is 5.75 Å². The molecule has 1 rings (SSSR count). The summed E-state index contributed by atoms with van der Waals surface area (Å²) in [6.45, 7) is 0.346. The van der Waals surface area contributed by atoms with Crippen molar-refractivity contribution < 1.29 is 23.1 Å².